The molecule has 1 saturated carbocycles. The lowest BCUT2D eigenvalue weighted by atomic mass is 10.1. The average Bonchev–Trinajstić information content (AvgIpc) is 3.34. The van der Waals surface area contributed by atoms with Crippen LogP contribution in [-0.4, -0.2) is 43.0 Å². The molecule has 0 spiro atoms. The zero-order valence-corrected chi connectivity index (χ0v) is 17.1. The summed E-state index contributed by atoms with van der Waals surface area (Å²) in [5.74, 6) is 2.30. The van der Waals surface area contributed by atoms with Crippen LogP contribution in [0, 0.1) is 10.1 Å². The predicted octanol–water partition coefficient (Wildman–Crippen LogP) is 3.85. The Morgan fingerprint density at radius 2 is 1.83 bits per heavy atom. The lowest BCUT2D eigenvalue weighted by Crippen LogP contribution is -2.31. The van der Waals surface area contributed by atoms with Gasteiger partial charge in [0.1, 0.15) is 0 Å². The van der Waals surface area contributed by atoms with Gasteiger partial charge in [-0.15, -0.1) is 20.4 Å². The Balaban J connectivity index is 1.29. The van der Waals surface area contributed by atoms with Gasteiger partial charge in [-0.25, -0.2) is 0 Å². The maximum Gasteiger partial charge on any atom is 0.269 e. The van der Waals surface area contributed by atoms with Crippen LogP contribution in [-0.2, 0) is 5.75 Å². The molecule has 0 amide bonds. The van der Waals surface area contributed by atoms with Crippen molar-refractivity contribution in [1.82, 2.24) is 25.0 Å². The number of hydrogen-bond acceptors (Lipinski definition) is 9. The largest absolute Gasteiger partial charge is 0.420 e. The number of nitro benzene ring substituents is 1. The van der Waals surface area contributed by atoms with Crippen molar-refractivity contribution in [3.05, 3.63) is 40.3 Å². The Labute approximate surface area is 176 Å². The van der Waals surface area contributed by atoms with Crippen molar-refractivity contribution in [2.75, 3.05) is 18.0 Å². The zero-order chi connectivity index (χ0) is 20.5. The molecule has 3 aromatic rings. The number of benzene rings is 1. The van der Waals surface area contributed by atoms with Crippen molar-refractivity contribution in [3.63, 3.8) is 0 Å². The highest BCUT2D eigenvalue weighted by Crippen LogP contribution is 2.41. The number of hydrogen-bond donors (Lipinski definition) is 0. The van der Waals surface area contributed by atoms with E-state index in [4.69, 9.17) is 4.42 Å². The molecule has 1 saturated heterocycles. The van der Waals surface area contributed by atoms with Crippen LogP contribution in [0.3, 0.4) is 0 Å². The zero-order valence-electron chi connectivity index (χ0n) is 16.3. The van der Waals surface area contributed by atoms with E-state index in [2.05, 4.69) is 29.9 Å². The number of rotatable bonds is 7. The monoisotopic (exact) mass is 427 g/mol. The standard InChI is InChI=1S/C19H21N7O3S/c27-26(28)15-6-4-13(5-7-15)17-21-20-16(29-17)12-30-19-23-22-18(25(19)14-8-9-14)24-10-2-1-3-11-24/h4-7,14H,1-3,8-12H2. The van der Waals surface area contributed by atoms with E-state index in [1.54, 1.807) is 23.9 Å². The van der Waals surface area contributed by atoms with E-state index in [1.807, 2.05) is 0 Å². The third kappa shape index (κ3) is 3.89. The molecular weight excluding hydrogens is 406 g/mol. The van der Waals surface area contributed by atoms with Gasteiger partial charge in [0.2, 0.25) is 17.7 Å². The normalized spacial score (nSPS) is 16.7. The third-order valence-corrected chi connectivity index (χ3v) is 6.24. The number of piperidine rings is 1. The second kappa shape index (κ2) is 8.05. The summed E-state index contributed by atoms with van der Waals surface area (Å²) in [5, 5.41) is 28.8. The van der Waals surface area contributed by atoms with Crippen molar-refractivity contribution in [2.45, 2.75) is 49.1 Å². The van der Waals surface area contributed by atoms with Gasteiger partial charge < -0.3 is 9.32 Å². The maximum atomic E-state index is 10.8. The highest BCUT2D eigenvalue weighted by atomic mass is 32.2. The van der Waals surface area contributed by atoms with Crippen LogP contribution in [0.15, 0.2) is 33.8 Å². The highest BCUT2D eigenvalue weighted by molar-refractivity contribution is 7.98. The molecule has 1 aromatic carbocycles. The maximum absolute atomic E-state index is 10.8. The topological polar surface area (TPSA) is 116 Å². The van der Waals surface area contributed by atoms with Gasteiger partial charge in [0.05, 0.1) is 10.7 Å². The van der Waals surface area contributed by atoms with Crippen molar-refractivity contribution >= 4 is 23.4 Å². The van der Waals surface area contributed by atoms with Gasteiger partial charge in [-0.3, -0.25) is 14.7 Å². The fourth-order valence-electron chi connectivity index (χ4n) is 3.61. The number of non-ortho nitro benzene ring substituents is 1. The fraction of sp³-hybridized carbons (Fsp3) is 0.474. The first-order chi connectivity index (χ1) is 14.7. The van der Waals surface area contributed by atoms with Gasteiger partial charge in [0, 0.05) is 36.8 Å². The van der Waals surface area contributed by atoms with E-state index >= 15 is 0 Å². The summed E-state index contributed by atoms with van der Waals surface area (Å²) in [6.45, 7) is 2.08. The van der Waals surface area contributed by atoms with E-state index < -0.39 is 4.92 Å². The molecule has 0 radical (unpaired) electrons. The first kappa shape index (κ1) is 19.0. The quantitative estimate of drug-likeness (QED) is 0.315. The van der Waals surface area contributed by atoms with Crippen LogP contribution in [0.25, 0.3) is 11.5 Å². The summed E-state index contributed by atoms with van der Waals surface area (Å²) in [6, 6.07) is 6.55. The molecule has 0 bridgehead atoms. The first-order valence-electron chi connectivity index (χ1n) is 10.1. The molecule has 0 unspecified atom stereocenters. The van der Waals surface area contributed by atoms with Crippen molar-refractivity contribution in [1.29, 1.82) is 0 Å². The van der Waals surface area contributed by atoms with E-state index in [0.717, 1.165) is 37.0 Å². The van der Waals surface area contributed by atoms with Crippen LogP contribution in [0.4, 0.5) is 11.6 Å². The van der Waals surface area contributed by atoms with Crippen molar-refractivity contribution in [3.8, 4) is 11.5 Å². The van der Waals surface area contributed by atoms with Crippen LogP contribution >= 0.6 is 11.8 Å². The second-order valence-corrected chi connectivity index (χ2v) is 8.47. The minimum atomic E-state index is -0.437. The van der Waals surface area contributed by atoms with Gasteiger partial charge >= 0.3 is 0 Å². The first-order valence-corrected chi connectivity index (χ1v) is 11.1. The average molecular weight is 427 g/mol. The molecule has 2 fully saturated rings. The lowest BCUT2D eigenvalue weighted by Gasteiger charge is -2.27. The summed E-state index contributed by atoms with van der Waals surface area (Å²) in [7, 11) is 0. The van der Waals surface area contributed by atoms with Gasteiger partial charge in [-0.1, -0.05) is 11.8 Å². The molecule has 11 heteroatoms. The number of thioether (sulfide) groups is 1. The molecule has 3 heterocycles. The molecule has 10 nitrogen and oxygen atoms in total. The lowest BCUT2D eigenvalue weighted by molar-refractivity contribution is -0.384. The van der Waals surface area contributed by atoms with Crippen molar-refractivity contribution in [2.24, 2.45) is 0 Å². The Morgan fingerprint density at radius 3 is 2.53 bits per heavy atom. The molecule has 0 atom stereocenters. The minimum Gasteiger partial charge on any atom is -0.420 e. The SMILES string of the molecule is O=[N+]([O-])c1ccc(-c2nnc(CSc3nnc(N4CCCCC4)n3C3CC3)o2)cc1. The molecule has 1 aliphatic carbocycles. The molecule has 1 aliphatic heterocycles. The Morgan fingerprint density at radius 1 is 1.07 bits per heavy atom. The summed E-state index contributed by atoms with van der Waals surface area (Å²) < 4.78 is 8.02. The van der Waals surface area contributed by atoms with E-state index in [0.29, 0.717) is 29.1 Å². The number of anilines is 1. The number of nitro groups is 1. The van der Waals surface area contributed by atoms with Crippen LogP contribution in [0.2, 0.25) is 0 Å². The molecule has 5 rings (SSSR count). The minimum absolute atomic E-state index is 0.0259. The third-order valence-electron chi connectivity index (χ3n) is 5.31. The van der Waals surface area contributed by atoms with Gasteiger partial charge in [0.15, 0.2) is 5.16 Å². The molecular formula is C19H21N7O3S. The number of nitrogens with zero attached hydrogens (tertiary/aromatic N) is 7. The Bertz CT molecular complexity index is 1040. The molecule has 2 aliphatic rings. The van der Waals surface area contributed by atoms with Crippen molar-refractivity contribution < 1.29 is 9.34 Å². The van der Waals surface area contributed by atoms with Gasteiger partial charge in [-0.05, 0) is 44.2 Å². The van der Waals surface area contributed by atoms with Crippen LogP contribution < -0.4 is 4.90 Å². The Kier molecular flexibility index (Phi) is 5.11. The fourth-order valence-corrected chi connectivity index (χ4v) is 4.45. The summed E-state index contributed by atoms with van der Waals surface area (Å²) in [5.41, 5.74) is 0.677. The molecule has 156 valence electrons. The van der Waals surface area contributed by atoms with E-state index in [1.165, 1.54) is 31.4 Å². The van der Waals surface area contributed by atoms with Crippen LogP contribution in [0.5, 0.6) is 0 Å². The number of aromatic nitrogens is 5. The predicted molar refractivity (Wildman–Crippen MR) is 110 cm³/mol. The van der Waals surface area contributed by atoms with Gasteiger partial charge in [-0.2, -0.15) is 0 Å². The van der Waals surface area contributed by atoms with Crippen LogP contribution in [0.1, 0.15) is 44.0 Å². The van der Waals surface area contributed by atoms with E-state index in [-0.39, 0.29) is 5.69 Å². The Hall–Kier alpha value is -2.95. The summed E-state index contributed by atoms with van der Waals surface area (Å²) in [6.07, 6.45) is 6.01. The molecule has 2 aromatic heterocycles. The molecule has 30 heavy (non-hydrogen) atoms. The smallest absolute Gasteiger partial charge is 0.269 e. The van der Waals surface area contributed by atoms with Gasteiger partial charge in [0.25, 0.3) is 5.69 Å². The van der Waals surface area contributed by atoms with E-state index in [9.17, 15) is 10.1 Å². The summed E-state index contributed by atoms with van der Waals surface area (Å²) in [4.78, 5) is 12.7. The summed E-state index contributed by atoms with van der Waals surface area (Å²) >= 11 is 1.55. The highest BCUT2D eigenvalue weighted by Gasteiger charge is 2.32. The second-order valence-electron chi connectivity index (χ2n) is 7.53. The molecule has 0 N–H and O–H groups in total.